The summed E-state index contributed by atoms with van der Waals surface area (Å²) in [6.07, 6.45) is 0. The second-order valence-corrected chi connectivity index (χ2v) is 8.19. The molecule has 0 atom stereocenters. The standard InChI is InChI=1S/C30H22/c1-20(29-25-14-6-2-10-21(25)18-22-11-3-7-15-26(22)29)30-27-16-8-4-12-23(27)19-24-13-5-9-17-28(24)30/h2-20H,1H3. The van der Waals surface area contributed by atoms with Crippen molar-refractivity contribution in [1.82, 2.24) is 0 Å². The maximum absolute atomic E-state index is 2.38. The summed E-state index contributed by atoms with van der Waals surface area (Å²) in [6.45, 7) is 2.38. The highest BCUT2D eigenvalue weighted by atomic mass is 14.2. The van der Waals surface area contributed by atoms with Gasteiger partial charge in [0.2, 0.25) is 0 Å². The Kier molecular flexibility index (Phi) is 3.86. The summed E-state index contributed by atoms with van der Waals surface area (Å²) in [6, 6.07) is 39.9. The van der Waals surface area contributed by atoms with Crippen LogP contribution in [0.25, 0.3) is 43.1 Å². The molecule has 6 aromatic rings. The Labute approximate surface area is 176 Å². The van der Waals surface area contributed by atoms with Gasteiger partial charge in [0.1, 0.15) is 0 Å². The average molecular weight is 383 g/mol. The second-order valence-electron chi connectivity index (χ2n) is 8.19. The SMILES string of the molecule is CC(c1c2ccccc2cc2ccccc12)c1c2ccccc2cc2ccccc12. The first kappa shape index (κ1) is 17.2. The molecule has 0 radical (unpaired) electrons. The molecule has 30 heavy (non-hydrogen) atoms. The minimum Gasteiger partial charge on any atom is -0.0616 e. The normalized spacial score (nSPS) is 11.8. The number of fused-ring (bicyclic) bond motifs is 4. The summed E-state index contributed by atoms with van der Waals surface area (Å²) < 4.78 is 0. The summed E-state index contributed by atoms with van der Waals surface area (Å²) in [5, 5.41) is 10.6. The molecule has 142 valence electrons. The first-order valence-electron chi connectivity index (χ1n) is 10.6. The predicted octanol–water partition coefficient (Wildman–Crippen LogP) is 8.45. The van der Waals surface area contributed by atoms with Crippen molar-refractivity contribution in [2.75, 3.05) is 0 Å². The summed E-state index contributed by atoms with van der Waals surface area (Å²) >= 11 is 0. The van der Waals surface area contributed by atoms with Crippen molar-refractivity contribution in [3.8, 4) is 0 Å². The molecule has 6 aromatic carbocycles. The fraction of sp³-hybridized carbons (Fsp3) is 0.0667. The van der Waals surface area contributed by atoms with E-state index in [1.165, 1.54) is 54.2 Å². The maximum Gasteiger partial charge on any atom is 0.00856 e. The molecule has 0 fully saturated rings. The predicted molar refractivity (Wildman–Crippen MR) is 130 cm³/mol. The minimum absolute atomic E-state index is 0.261. The van der Waals surface area contributed by atoms with Gasteiger partial charge in [-0.25, -0.2) is 0 Å². The van der Waals surface area contributed by atoms with Crippen LogP contribution in [0.15, 0.2) is 109 Å². The van der Waals surface area contributed by atoms with Crippen molar-refractivity contribution >= 4 is 43.1 Å². The lowest BCUT2D eigenvalue weighted by Crippen LogP contribution is -2.01. The summed E-state index contributed by atoms with van der Waals surface area (Å²) in [5.74, 6) is 0.261. The first-order chi connectivity index (χ1) is 14.8. The van der Waals surface area contributed by atoms with E-state index in [0.717, 1.165) is 0 Å². The van der Waals surface area contributed by atoms with Gasteiger partial charge in [-0.3, -0.25) is 0 Å². The van der Waals surface area contributed by atoms with E-state index in [1.54, 1.807) is 0 Å². The Morgan fingerprint density at radius 1 is 0.400 bits per heavy atom. The molecule has 0 heterocycles. The minimum atomic E-state index is 0.261. The quantitative estimate of drug-likeness (QED) is 0.263. The lowest BCUT2D eigenvalue weighted by atomic mass is 9.81. The molecule has 0 aliphatic heterocycles. The van der Waals surface area contributed by atoms with E-state index in [1.807, 2.05) is 0 Å². The van der Waals surface area contributed by atoms with Gasteiger partial charge in [0.25, 0.3) is 0 Å². The van der Waals surface area contributed by atoms with E-state index in [9.17, 15) is 0 Å². The molecular formula is C30H22. The molecule has 6 rings (SSSR count). The van der Waals surface area contributed by atoms with Crippen molar-refractivity contribution in [3.63, 3.8) is 0 Å². The molecule has 0 heteroatoms. The van der Waals surface area contributed by atoms with Crippen molar-refractivity contribution in [2.45, 2.75) is 12.8 Å². The fourth-order valence-electron chi connectivity index (χ4n) is 5.18. The van der Waals surface area contributed by atoms with Crippen LogP contribution in [0.1, 0.15) is 24.0 Å². The Bertz CT molecular complexity index is 1330. The molecule has 0 N–H and O–H groups in total. The summed E-state index contributed by atoms with van der Waals surface area (Å²) in [5.41, 5.74) is 2.84. The van der Waals surface area contributed by atoms with Gasteiger partial charge in [-0.2, -0.15) is 0 Å². The highest BCUT2D eigenvalue weighted by Gasteiger charge is 2.20. The van der Waals surface area contributed by atoms with E-state index in [2.05, 4.69) is 116 Å². The third-order valence-corrected chi connectivity index (χ3v) is 6.49. The number of rotatable bonds is 2. The van der Waals surface area contributed by atoms with E-state index in [4.69, 9.17) is 0 Å². The number of benzene rings is 6. The van der Waals surface area contributed by atoms with Gasteiger partial charge in [-0.15, -0.1) is 0 Å². The van der Waals surface area contributed by atoms with Crippen LogP contribution in [0.3, 0.4) is 0 Å². The van der Waals surface area contributed by atoms with Crippen molar-refractivity contribution < 1.29 is 0 Å². The number of hydrogen-bond donors (Lipinski definition) is 0. The van der Waals surface area contributed by atoms with Crippen LogP contribution in [0.2, 0.25) is 0 Å². The second kappa shape index (κ2) is 6.71. The Morgan fingerprint density at radius 2 is 0.667 bits per heavy atom. The smallest absolute Gasteiger partial charge is 0.00856 e. The fourth-order valence-corrected chi connectivity index (χ4v) is 5.18. The third-order valence-electron chi connectivity index (χ3n) is 6.49. The monoisotopic (exact) mass is 382 g/mol. The molecule has 0 aromatic heterocycles. The molecule has 0 spiro atoms. The highest BCUT2D eigenvalue weighted by molar-refractivity contribution is 6.07. The van der Waals surface area contributed by atoms with Crippen molar-refractivity contribution in [3.05, 3.63) is 120 Å². The Morgan fingerprint density at radius 3 is 0.967 bits per heavy atom. The lowest BCUT2D eigenvalue weighted by Gasteiger charge is -2.22. The first-order valence-corrected chi connectivity index (χ1v) is 10.6. The van der Waals surface area contributed by atoms with Gasteiger partial charge in [0, 0.05) is 5.92 Å². The van der Waals surface area contributed by atoms with Crippen LogP contribution in [-0.2, 0) is 0 Å². The Hall–Kier alpha value is -3.64. The molecule has 0 bridgehead atoms. The van der Waals surface area contributed by atoms with E-state index in [-0.39, 0.29) is 5.92 Å². The van der Waals surface area contributed by atoms with E-state index in [0.29, 0.717) is 0 Å². The van der Waals surface area contributed by atoms with E-state index >= 15 is 0 Å². The van der Waals surface area contributed by atoms with Gasteiger partial charge < -0.3 is 0 Å². The van der Waals surface area contributed by atoms with Crippen LogP contribution in [0.5, 0.6) is 0 Å². The molecule has 0 saturated heterocycles. The highest BCUT2D eigenvalue weighted by Crippen LogP contribution is 2.42. The topological polar surface area (TPSA) is 0 Å². The largest absolute Gasteiger partial charge is 0.0616 e. The molecule has 0 aliphatic rings. The van der Waals surface area contributed by atoms with Gasteiger partial charge in [-0.05, 0) is 66.3 Å². The van der Waals surface area contributed by atoms with Gasteiger partial charge in [-0.1, -0.05) is 104 Å². The van der Waals surface area contributed by atoms with Crippen LogP contribution in [0, 0.1) is 0 Å². The van der Waals surface area contributed by atoms with Gasteiger partial charge >= 0.3 is 0 Å². The van der Waals surface area contributed by atoms with Gasteiger partial charge in [0.05, 0.1) is 0 Å². The zero-order valence-electron chi connectivity index (χ0n) is 17.0. The van der Waals surface area contributed by atoms with Crippen LogP contribution >= 0.6 is 0 Å². The van der Waals surface area contributed by atoms with Crippen LogP contribution in [-0.4, -0.2) is 0 Å². The van der Waals surface area contributed by atoms with Crippen LogP contribution in [0.4, 0.5) is 0 Å². The molecule has 0 nitrogen and oxygen atoms in total. The van der Waals surface area contributed by atoms with Gasteiger partial charge in [0.15, 0.2) is 0 Å². The van der Waals surface area contributed by atoms with Crippen molar-refractivity contribution in [1.29, 1.82) is 0 Å². The zero-order chi connectivity index (χ0) is 20.1. The average Bonchev–Trinajstić information content (AvgIpc) is 2.80. The molecule has 0 saturated carbocycles. The molecule has 0 unspecified atom stereocenters. The van der Waals surface area contributed by atoms with Crippen LogP contribution < -0.4 is 0 Å². The van der Waals surface area contributed by atoms with Crippen molar-refractivity contribution in [2.24, 2.45) is 0 Å². The lowest BCUT2D eigenvalue weighted by molar-refractivity contribution is 0.965. The third kappa shape index (κ3) is 2.54. The molecule has 0 amide bonds. The zero-order valence-corrected chi connectivity index (χ0v) is 17.0. The molecule has 0 aliphatic carbocycles. The number of hydrogen-bond acceptors (Lipinski definition) is 0. The summed E-state index contributed by atoms with van der Waals surface area (Å²) in [4.78, 5) is 0. The maximum atomic E-state index is 2.38. The van der Waals surface area contributed by atoms with E-state index < -0.39 is 0 Å². The Balaban J connectivity index is 1.78. The molecular weight excluding hydrogens is 360 g/mol. The summed E-state index contributed by atoms with van der Waals surface area (Å²) in [7, 11) is 0.